The summed E-state index contributed by atoms with van der Waals surface area (Å²) in [6, 6.07) is 24.1. The zero-order valence-corrected chi connectivity index (χ0v) is 16.3. The van der Waals surface area contributed by atoms with E-state index in [1.807, 2.05) is 12.1 Å². The van der Waals surface area contributed by atoms with Crippen LogP contribution in [0.4, 0.5) is 4.39 Å². The summed E-state index contributed by atoms with van der Waals surface area (Å²) < 4.78 is 13.9. The first-order valence-corrected chi connectivity index (χ1v) is 10.3. The summed E-state index contributed by atoms with van der Waals surface area (Å²) in [6.07, 6.45) is 2.12. The Morgan fingerprint density at radius 3 is 2.55 bits per heavy atom. The molecule has 3 nitrogen and oxygen atoms in total. The van der Waals surface area contributed by atoms with Crippen LogP contribution in [-0.2, 0) is 6.54 Å². The Morgan fingerprint density at radius 1 is 0.931 bits per heavy atom. The van der Waals surface area contributed by atoms with Gasteiger partial charge in [-0.3, -0.25) is 10.00 Å². The third-order valence-corrected chi connectivity index (χ3v) is 6.04. The van der Waals surface area contributed by atoms with Crippen LogP contribution in [0.2, 0.25) is 0 Å². The molecule has 1 aliphatic rings. The van der Waals surface area contributed by atoms with Crippen LogP contribution in [0.15, 0.2) is 72.8 Å². The van der Waals surface area contributed by atoms with Gasteiger partial charge in [0, 0.05) is 29.3 Å². The molecule has 0 atom stereocenters. The number of aromatic amines is 1. The number of fused-ring (bicyclic) bond motifs is 1. The average Bonchev–Trinajstić information content (AvgIpc) is 3.25. The molecule has 0 aliphatic carbocycles. The van der Waals surface area contributed by atoms with Gasteiger partial charge in [-0.05, 0) is 48.8 Å². The fourth-order valence-corrected chi connectivity index (χ4v) is 4.40. The molecule has 1 N–H and O–H groups in total. The van der Waals surface area contributed by atoms with E-state index in [0.29, 0.717) is 12.5 Å². The van der Waals surface area contributed by atoms with Gasteiger partial charge in [-0.15, -0.1) is 0 Å². The lowest BCUT2D eigenvalue weighted by atomic mass is 9.92. The highest BCUT2D eigenvalue weighted by molar-refractivity contribution is 5.95. The fraction of sp³-hybridized carbons (Fsp3) is 0.240. The molecular weight excluding hydrogens is 361 g/mol. The average molecular weight is 385 g/mol. The van der Waals surface area contributed by atoms with E-state index in [-0.39, 0.29) is 5.82 Å². The summed E-state index contributed by atoms with van der Waals surface area (Å²) in [5, 5.41) is 10.4. The molecule has 4 heteroatoms. The number of benzene rings is 3. The molecule has 29 heavy (non-hydrogen) atoms. The summed E-state index contributed by atoms with van der Waals surface area (Å²) in [6.45, 7) is 2.63. The van der Waals surface area contributed by atoms with Crippen molar-refractivity contribution in [3.8, 4) is 11.3 Å². The Morgan fingerprint density at radius 2 is 1.69 bits per heavy atom. The zero-order chi connectivity index (χ0) is 19.6. The topological polar surface area (TPSA) is 31.9 Å². The van der Waals surface area contributed by atoms with E-state index in [0.717, 1.165) is 37.2 Å². The molecule has 2 heterocycles. The number of likely N-dealkylation sites (tertiary alicyclic amines) is 1. The van der Waals surface area contributed by atoms with Gasteiger partial charge in [-0.25, -0.2) is 4.39 Å². The van der Waals surface area contributed by atoms with E-state index in [9.17, 15) is 4.39 Å². The molecule has 0 bridgehead atoms. The van der Waals surface area contributed by atoms with Gasteiger partial charge < -0.3 is 0 Å². The number of halogens is 1. The van der Waals surface area contributed by atoms with Crippen molar-refractivity contribution in [2.45, 2.75) is 25.3 Å². The van der Waals surface area contributed by atoms with Crippen LogP contribution in [0.1, 0.15) is 30.0 Å². The van der Waals surface area contributed by atoms with Crippen molar-refractivity contribution < 1.29 is 4.39 Å². The maximum absolute atomic E-state index is 13.9. The third kappa shape index (κ3) is 3.68. The van der Waals surface area contributed by atoms with E-state index >= 15 is 0 Å². The highest BCUT2D eigenvalue weighted by atomic mass is 19.1. The number of nitrogens with one attached hydrogen (secondary N) is 1. The molecule has 3 aromatic carbocycles. The Hall–Kier alpha value is -2.98. The quantitative estimate of drug-likeness (QED) is 0.485. The minimum Gasteiger partial charge on any atom is -0.299 e. The number of aromatic nitrogens is 2. The molecule has 5 rings (SSSR count). The summed E-state index contributed by atoms with van der Waals surface area (Å²) in [5.41, 5.74) is 4.16. The van der Waals surface area contributed by atoms with Crippen LogP contribution < -0.4 is 0 Å². The molecule has 0 amide bonds. The normalized spacial score (nSPS) is 15.8. The minimum absolute atomic E-state index is 0.108. The number of hydrogen-bond acceptors (Lipinski definition) is 2. The van der Waals surface area contributed by atoms with E-state index in [4.69, 9.17) is 0 Å². The molecule has 0 spiro atoms. The largest absolute Gasteiger partial charge is 0.299 e. The first kappa shape index (κ1) is 18.1. The number of rotatable bonds is 4. The first-order valence-electron chi connectivity index (χ1n) is 10.3. The molecule has 1 fully saturated rings. The van der Waals surface area contributed by atoms with Crippen LogP contribution in [0.3, 0.4) is 0 Å². The predicted octanol–water partition coefficient (Wildman–Crippen LogP) is 5.75. The molecule has 1 aromatic heterocycles. The van der Waals surface area contributed by atoms with Crippen molar-refractivity contribution >= 4 is 10.8 Å². The maximum atomic E-state index is 13.9. The second kappa shape index (κ2) is 7.80. The summed E-state index contributed by atoms with van der Waals surface area (Å²) in [5.74, 6) is 0.367. The number of nitrogens with zero attached hydrogens (tertiary/aromatic N) is 2. The molecule has 1 aliphatic heterocycles. The van der Waals surface area contributed by atoms with Gasteiger partial charge in [0.1, 0.15) is 5.82 Å². The summed E-state index contributed by atoms with van der Waals surface area (Å²) in [7, 11) is 0. The fourth-order valence-electron chi connectivity index (χ4n) is 4.40. The molecule has 0 saturated carbocycles. The van der Waals surface area contributed by atoms with Gasteiger partial charge in [0.25, 0.3) is 0 Å². The highest BCUT2D eigenvalue weighted by Crippen LogP contribution is 2.32. The van der Waals surface area contributed by atoms with Crippen molar-refractivity contribution in [2.24, 2.45) is 0 Å². The molecule has 146 valence electrons. The van der Waals surface area contributed by atoms with Crippen LogP contribution in [0.25, 0.3) is 22.0 Å². The van der Waals surface area contributed by atoms with E-state index in [2.05, 4.69) is 63.6 Å². The van der Waals surface area contributed by atoms with E-state index in [1.54, 1.807) is 12.1 Å². The molecule has 0 unspecified atom stereocenters. The van der Waals surface area contributed by atoms with Gasteiger partial charge in [0.05, 0.1) is 5.69 Å². The van der Waals surface area contributed by atoms with Crippen molar-refractivity contribution in [3.05, 3.63) is 89.9 Å². The predicted molar refractivity (Wildman–Crippen MR) is 115 cm³/mol. The lowest BCUT2D eigenvalue weighted by molar-refractivity contribution is 0.201. The molecular formula is C25H24FN3. The van der Waals surface area contributed by atoms with Gasteiger partial charge in [-0.1, -0.05) is 60.7 Å². The Kier molecular flexibility index (Phi) is 4.86. The number of piperidine rings is 1. The smallest absolute Gasteiger partial charge is 0.127 e. The van der Waals surface area contributed by atoms with Gasteiger partial charge in [0.2, 0.25) is 0 Å². The van der Waals surface area contributed by atoms with Crippen LogP contribution >= 0.6 is 0 Å². The standard InChI is InChI=1S/C25H24FN3/c26-23-11-4-2-7-20(23)17-29-14-12-19(13-15-29)24-16-25(28-27-24)22-10-5-8-18-6-1-3-9-21(18)22/h1-11,16,19H,12-15,17H2,(H,27,28). The Bertz CT molecular complexity index is 1120. The second-order valence-electron chi connectivity index (χ2n) is 7.88. The third-order valence-electron chi connectivity index (χ3n) is 6.04. The highest BCUT2D eigenvalue weighted by Gasteiger charge is 2.23. The van der Waals surface area contributed by atoms with E-state index < -0.39 is 0 Å². The SMILES string of the molecule is Fc1ccccc1CN1CCC(c2cc(-c3cccc4ccccc34)n[nH]2)CC1. The molecule has 0 radical (unpaired) electrons. The molecule has 4 aromatic rings. The van der Waals surface area contributed by atoms with Gasteiger partial charge >= 0.3 is 0 Å². The van der Waals surface area contributed by atoms with Gasteiger partial charge in [-0.2, -0.15) is 5.10 Å². The second-order valence-corrected chi connectivity index (χ2v) is 7.88. The van der Waals surface area contributed by atoms with Crippen LogP contribution in [-0.4, -0.2) is 28.2 Å². The van der Waals surface area contributed by atoms with Crippen molar-refractivity contribution in [1.82, 2.24) is 15.1 Å². The Labute approximate surface area is 170 Å². The minimum atomic E-state index is -0.108. The van der Waals surface area contributed by atoms with Crippen molar-refractivity contribution in [2.75, 3.05) is 13.1 Å². The van der Waals surface area contributed by atoms with Crippen LogP contribution in [0.5, 0.6) is 0 Å². The molecule has 1 saturated heterocycles. The number of H-pyrrole nitrogens is 1. The van der Waals surface area contributed by atoms with Crippen LogP contribution in [0, 0.1) is 5.82 Å². The lowest BCUT2D eigenvalue weighted by Gasteiger charge is -2.31. The van der Waals surface area contributed by atoms with Crippen molar-refractivity contribution in [1.29, 1.82) is 0 Å². The zero-order valence-electron chi connectivity index (χ0n) is 16.3. The monoisotopic (exact) mass is 385 g/mol. The Balaban J connectivity index is 1.29. The summed E-state index contributed by atoms with van der Waals surface area (Å²) >= 11 is 0. The number of hydrogen-bond donors (Lipinski definition) is 1. The van der Waals surface area contributed by atoms with Gasteiger partial charge in [0.15, 0.2) is 0 Å². The lowest BCUT2D eigenvalue weighted by Crippen LogP contribution is -2.32. The van der Waals surface area contributed by atoms with Crippen molar-refractivity contribution in [3.63, 3.8) is 0 Å². The maximum Gasteiger partial charge on any atom is 0.127 e. The first-order chi connectivity index (χ1) is 14.3. The summed E-state index contributed by atoms with van der Waals surface area (Å²) in [4.78, 5) is 2.34. The van der Waals surface area contributed by atoms with E-state index in [1.165, 1.54) is 22.0 Å².